The van der Waals surface area contributed by atoms with Gasteiger partial charge in [0.05, 0.1) is 6.54 Å². The highest BCUT2D eigenvalue weighted by atomic mass is 19.4. The Morgan fingerprint density at radius 3 is 1.94 bits per heavy atom. The summed E-state index contributed by atoms with van der Waals surface area (Å²) in [6.07, 6.45) is -4.08. The van der Waals surface area contributed by atoms with Crippen LogP contribution in [0.25, 0.3) is 0 Å². The molecule has 0 aromatic heterocycles. The maximum atomic E-state index is 12.2. The molecule has 0 spiro atoms. The highest BCUT2D eigenvalue weighted by molar-refractivity contribution is 4.79. The summed E-state index contributed by atoms with van der Waals surface area (Å²) in [4.78, 5) is 3.73. The molecule has 108 valence electrons. The molecule has 0 saturated carbocycles. The van der Waals surface area contributed by atoms with E-state index in [0.29, 0.717) is 25.0 Å². The Balaban J connectivity index is 2.31. The predicted molar refractivity (Wildman–Crippen MR) is 66.6 cm³/mol. The fourth-order valence-corrected chi connectivity index (χ4v) is 2.30. The summed E-state index contributed by atoms with van der Waals surface area (Å²) in [6, 6.07) is 0.402. The fraction of sp³-hybridized carbons (Fsp3) is 1.00. The lowest BCUT2D eigenvalue weighted by atomic mass is 10.0. The van der Waals surface area contributed by atoms with Crippen molar-refractivity contribution in [3.05, 3.63) is 0 Å². The molecule has 1 fully saturated rings. The van der Waals surface area contributed by atoms with Crippen LogP contribution in [0.2, 0.25) is 0 Å². The predicted octanol–water partition coefficient (Wildman–Crippen LogP) is 1.41. The second-order valence-corrected chi connectivity index (χ2v) is 5.33. The average Bonchev–Trinajstić information content (AvgIpc) is 2.25. The van der Waals surface area contributed by atoms with Crippen molar-refractivity contribution >= 4 is 0 Å². The number of nitrogens with one attached hydrogen (secondary N) is 1. The van der Waals surface area contributed by atoms with E-state index in [2.05, 4.69) is 24.1 Å². The van der Waals surface area contributed by atoms with Crippen LogP contribution >= 0.6 is 0 Å². The van der Waals surface area contributed by atoms with Gasteiger partial charge in [0.1, 0.15) is 0 Å². The lowest BCUT2D eigenvalue weighted by molar-refractivity contribution is -0.149. The maximum absolute atomic E-state index is 12.2. The van der Waals surface area contributed by atoms with Crippen LogP contribution in [0.5, 0.6) is 0 Å². The van der Waals surface area contributed by atoms with Gasteiger partial charge < -0.3 is 5.32 Å². The molecule has 0 aliphatic carbocycles. The summed E-state index contributed by atoms with van der Waals surface area (Å²) in [5.74, 6) is 0.531. The number of halogens is 3. The van der Waals surface area contributed by atoms with E-state index in [1.807, 2.05) is 7.05 Å². The molecule has 6 heteroatoms. The van der Waals surface area contributed by atoms with Gasteiger partial charge in [-0.3, -0.25) is 9.80 Å². The Morgan fingerprint density at radius 2 is 1.56 bits per heavy atom. The van der Waals surface area contributed by atoms with Gasteiger partial charge in [0.15, 0.2) is 0 Å². The van der Waals surface area contributed by atoms with E-state index in [1.165, 1.54) is 4.90 Å². The summed E-state index contributed by atoms with van der Waals surface area (Å²) in [5.41, 5.74) is 0. The SMILES string of the molecule is CNC(CN1CCN(CC(F)(F)F)CC1)C(C)C. The molecule has 0 amide bonds. The second-order valence-electron chi connectivity index (χ2n) is 5.33. The molecule has 1 aliphatic heterocycles. The van der Waals surface area contributed by atoms with E-state index in [0.717, 1.165) is 19.6 Å². The van der Waals surface area contributed by atoms with Crippen LogP contribution in [0.15, 0.2) is 0 Å². The van der Waals surface area contributed by atoms with E-state index in [4.69, 9.17) is 0 Å². The number of likely N-dealkylation sites (N-methyl/N-ethyl adjacent to an activating group) is 1. The van der Waals surface area contributed by atoms with Crippen LogP contribution in [-0.2, 0) is 0 Å². The zero-order chi connectivity index (χ0) is 13.8. The van der Waals surface area contributed by atoms with Gasteiger partial charge in [-0.25, -0.2) is 0 Å². The molecule has 1 aliphatic rings. The number of rotatable bonds is 5. The van der Waals surface area contributed by atoms with Crippen molar-refractivity contribution in [2.75, 3.05) is 46.3 Å². The molecule has 0 radical (unpaired) electrons. The standard InChI is InChI=1S/C12H24F3N3/c1-10(2)11(16-3)8-17-4-6-18(7-5-17)9-12(13,14)15/h10-11,16H,4-9H2,1-3H3. The van der Waals surface area contributed by atoms with Crippen LogP contribution in [0, 0.1) is 5.92 Å². The normalized spacial score (nSPS) is 21.5. The third-order valence-corrected chi connectivity index (χ3v) is 3.50. The topological polar surface area (TPSA) is 18.5 Å². The third-order valence-electron chi connectivity index (χ3n) is 3.50. The number of hydrogen-bond acceptors (Lipinski definition) is 3. The number of nitrogens with zero attached hydrogens (tertiary/aromatic N) is 2. The first-order valence-corrected chi connectivity index (χ1v) is 6.50. The van der Waals surface area contributed by atoms with Crippen molar-refractivity contribution in [2.24, 2.45) is 5.92 Å². The highest BCUT2D eigenvalue weighted by Crippen LogP contribution is 2.17. The molecule has 1 saturated heterocycles. The van der Waals surface area contributed by atoms with Crippen molar-refractivity contribution in [3.63, 3.8) is 0 Å². The Bertz CT molecular complexity index is 235. The molecule has 1 N–H and O–H groups in total. The van der Waals surface area contributed by atoms with Gasteiger partial charge in [0.25, 0.3) is 0 Å². The number of piperazine rings is 1. The van der Waals surface area contributed by atoms with Gasteiger partial charge in [-0.15, -0.1) is 0 Å². The molecule has 1 unspecified atom stereocenters. The van der Waals surface area contributed by atoms with Gasteiger partial charge in [-0.1, -0.05) is 13.8 Å². The molecule has 0 bridgehead atoms. The minimum atomic E-state index is -4.08. The lowest BCUT2D eigenvalue weighted by Gasteiger charge is -2.37. The van der Waals surface area contributed by atoms with Crippen molar-refractivity contribution < 1.29 is 13.2 Å². The van der Waals surface area contributed by atoms with Gasteiger partial charge >= 0.3 is 6.18 Å². The summed E-state index contributed by atoms with van der Waals surface area (Å²) >= 11 is 0. The van der Waals surface area contributed by atoms with Crippen molar-refractivity contribution in [3.8, 4) is 0 Å². The Labute approximate surface area is 107 Å². The number of hydrogen-bond donors (Lipinski definition) is 1. The molecule has 3 nitrogen and oxygen atoms in total. The van der Waals surface area contributed by atoms with Crippen LogP contribution in [0.3, 0.4) is 0 Å². The first-order chi connectivity index (χ1) is 8.31. The highest BCUT2D eigenvalue weighted by Gasteiger charge is 2.32. The van der Waals surface area contributed by atoms with E-state index < -0.39 is 12.7 Å². The zero-order valence-corrected chi connectivity index (χ0v) is 11.4. The minimum absolute atomic E-state index is 0.402. The quantitative estimate of drug-likeness (QED) is 0.812. The third kappa shape index (κ3) is 5.54. The summed E-state index contributed by atoms with van der Waals surface area (Å²) in [6.45, 7) is 6.90. The smallest absolute Gasteiger partial charge is 0.315 e. The molecule has 1 atom stereocenters. The summed E-state index contributed by atoms with van der Waals surface area (Å²) in [7, 11) is 1.94. The molecule has 1 rings (SSSR count). The van der Waals surface area contributed by atoms with Gasteiger partial charge in [-0.05, 0) is 13.0 Å². The van der Waals surface area contributed by atoms with E-state index in [-0.39, 0.29) is 0 Å². The minimum Gasteiger partial charge on any atom is -0.315 e. The summed E-state index contributed by atoms with van der Waals surface area (Å²) in [5, 5.41) is 3.26. The summed E-state index contributed by atoms with van der Waals surface area (Å²) < 4.78 is 36.7. The zero-order valence-electron chi connectivity index (χ0n) is 11.4. The van der Waals surface area contributed by atoms with Crippen molar-refractivity contribution in [2.45, 2.75) is 26.1 Å². The average molecular weight is 267 g/mol. The van der Waals surface area contributed by atoms with E-state index in [9.17, 15) is 13.2 Å². The largest absolute Gasteiger partial charge is 0.401 e. The van der Waals surface area contributed by atoms with Crippen molar-refractivity contribution in [1.29, 1.82) is 0 Å². The molecule has 1 heterocycles. The van der Waals surface area contributed by atoms with Crippen LogP contribution in [0.4, 0.5) is 13.2 Å². The molecular weight excluding hydrogens is 243 g/mol. The Kier molecular flexibility index (Phi) is 5.88. The first kappa shape index (κ1) is 15.7. The molecular formula is C12H24F3N3. The van der Waals surface area contributed by atoms with Gasteiger partial charge in [0.2, 0.25) is 0 Å². The van der Waals surface area contributed by atoms with Crippen LogP contribution in [0.1, 0.15) is 13.8 Å². The van der Waals surface area contributed by atoms with Crippen LogP contribution < -0.4 is 5.32 Å². The van der Waals surface area contributed by atoms with Gasteiger partial charge in [-0.2, -0.15) is 13.2 Å². The molecule has 18 heavy (non-hydrogen) atoms. The lowest BCUT2D eigenvalue weighted by Crippen LogP contribution is -2.52. The molecule has 0 aromatic rings. The number of alkyl halides is 3. The maximum Gasteiger partial charge on any atom is 0.401 e. The molecule has 0 aromatic carbocycles. The fourth-order valence-electron chi connectivity index (χ4n) is 2.30. The van der Waals surface area contributed by atoms with E-state index >= 15 is 0 Å². The monoisotopic (exact) mass is 267 g/mol. The van der Waals surface area contributed by atoms with Crippen molar-refractivity contribution in [1.82, 2.24) is 15.1 Å². The van der Waals surface area contributed by atoms with Crippen LogP contribution in [-0.4, -0.2) is 68.3 Å². The Morgan fingerprint density at radius 1 is 1.06 bits per heavy atom. The van der Waals surface area contributed by atoms with E-state index in [1.54, 1.807) is 0 Å². The van der Waals surface area contributed by atoms with Gasteiger partial charge in [0, 0.05) is 38.8 Å². The first-order valence-electron chi connectivity index (χ1n) is 6.50. The second kappa shape index (κ2) is 6.73. The Hall–Kier alpha value is -0.330.